The summed E-state index contributed by atoms with van der Waals surface area (Å²) < 4.78 is 1.66. The lowest BCUT2D eigenvalue weighted by Crippen LogP contribution is -2.24. The van der Waals surface area contributed by atoms with Crippen LogP contribution >= 0.6 is 24.0 Å². The molecule has 0 saturated carbocycles. The van der Waals surface area contributed by atoms with Crippen LogP contribution in [0.4, 0.5) is 0 Å². The molecule has 2 heterocycles. The first-order chi connectivity index (χ1) is 13.5. The number of amides is 1. The molecule has 2 N–H and O–H groups in total. The van der Waals surface area contributed by atoms with Crippen molar-refractivity contribution in [2.24, 2.45) is 0 Å². The predicted molar refractivity (Wildman–Crippen MR) is 116 cm³/mol. The number of aromatic nitrogens is 3. The van der Waals surface area contributed by atoms with E-state index in [2.05, 4.69) is 32.8 Å². The average Bonchev–Trinajstić information content (AvgIpc) is 3.33. The molecule has 0 bridgehead atoms. The van der Waals surface area contributed by atoms with Crippen molar-refractivity contribution in [3.05, 3.63) is 75.8 Å². The zero-order valence-corrected chi connectivity index (χ0v) is 17.8. The van der Waals surface area contributed by atoms with Gasteiger partial charge in [0, 0.05) is 25.6 Å². The molecule has 0 atom stereocenters. The quantitative estimate of drug-likeness (QED) is 0.640. The molecule has 1 aromatic heterocycles. The fourth-order valence-corrected chi connectivity index (χ4v) is 3.53. The topological polar surface area (TPSA) is 71.8 Å². The monoisotopic (exact) mass is 431 g/mol. The van der Waals surface area contributed by atoms with Gasteiger partial charge < -0.3 is 10.6 Å². The molecule has 152 valence electrons. The van der Waals surface area contributed by atoms with Gasteiger partial charge in [-0.15, -0.1) is 17.5 Å². The number of fused-ring (bicyclic) bond motifs is 1. The fourth-order valence-electron chi connectivity index (χ4n) is 3.31. The fraction of sp³-hybridized carbons (Fsp3) is 0.286. The summed E-state index contributed by atoms with van der Waals surface area (Å²) in [5.74, 6) is 0.633. The summed E-state index contributed by atoms with van der Waals surface area (Å²) in [6, 6.07) is 13.7. The highest BCUT2D eigenvalue weighted by atomic mass is 35.5. The number of carbonyl (C=O) groups is 1. The van der Waals surface area contributed by atoms with E-state index in [1.54, 1.807) is 10.7 Å². The summed E-state index contributed by atoms with van der Waals surface area (Å²) in [7, 11) is 0. The van der Waals surface area contributed by atoms with Crippen molar-refractivity contribution < 1.29 is 4.79 Å². The normalized spacial score (nSPS) is 12.6. The van der Waals surface area contributed by atoms with Gasteiger partial charge in [0.1, 0.15) is 5.82 Å². The maximum Gasteiger partial charge on any atom is 0.291 e. The van der Waals surface area contributed by atoms with Gasteiger partial charge in [-0.2, -0.15) is 0 Å². The molecule has 0 fully saturated rings. The maximum absolute atomic E-state index is 12.7. The number of halogens is 2. The van der Waals surface area contributed by atoms with Gasteiger partial charge in [-0.25, -0.2) is 9.67 Å². The van der Waals surface area contributed by atoms with Crippen LogP contribution in [0.25, 0.3) is 5.69 Å². The highest BCUT2D eigenvalue weighted by molar-refractivity contribution is 6.32. The van der Waals surface area contributed by atoms with Gasteiger partial charge in [0.2, 0.25) is 5.82 Å². The van der Waals surface area contributed by atoms with Gasteiger partial charge in [-0.1, -0.05) is 55.8 Å². The minimum absolute atomic E-state index is 0. The van der Waals surface area contributed by atoms with E-state index in [4.69, 9.17) is 11.6 Å². The zero-order valence-electron chi connectivity index (χ0n) is 16.3. The molecule has 0 saturated heterocycles. The van der Waals surface area contributed by atoms with E-state index in [1.807, 2.05) is 38.1 Å². The second-order valence-corrected chi connectivity index (χ2v) is 7.61. The molecule has 0 spiro atoms. The van der Waals surface area contributed by atoms with Crippen LogP contribution in [0.15, 0.2) is 42.5 Å². The van der Waals surface area contributed by atoms with E-state index in [1.165, 1.54) is 11.1 Å². The Morgan fingerprint density at radius 3 is 2.72 bits per heavy atom. The molecule has 3 aromatic rings. The zero-order chi connectivity index (χ0) is 19.7. The molecule has 6 nitrogen and oxygen atoms in total. The van der Waals surface area contributed by atoms with E-state index in [0.717, 1.165) is 18.7 Å². The summed E-state index contributed by atoms with van der Waals surface area (Å²) in [4.78, 5) is 17.1. The lowest BCUT2D eigenvalue weighted by Gasteiger charge is -2.09. The van der Waals surface area contributed by atoms with Crippen LogP contribution in [0.2, 0.25) is 5.02 Å². The molecule has 0 radical (unpaired) electrons. The lowest BCUT2D eigenvalue weighted by molar-refractivity contribution is 0.0940. The van der Waals surface area contributed by atoms with Crippen molar-refractivity contribution in [2.45, 2.75) is 39.4 Å². The minimum atomic E-state index is -0.300. The molecule has 0 unspecified atom stereocenters. The summed E-state index contributed by atoms with van der Waals surface area (Å²) in [5.41, 5.74) is 4.38. The Labute approximate surface area is 181 Å². The van der Waals surface area contributed by atoms with E-state index in [0.29, 0.717) is 23.1 Å². The van der Waals surface area contributed by atoms with Gasteiger partial charge >= 0.3 is 0 Å². The SMILES string of the molecule is CC(C)c1nc(C(=O)NCc2ccc3c(c2)CNC3)nn1-c1ccccc1Cl.Cl. The molecule has 1 aliphatic heterocycles. The predicted octanol–water partition coefficient (Wildman–Crippen LogP) is 4.00. The number of carbonyl (C=O) groups excluding carboxylic acids is 1. The Hall–Kier alpha value is -2.41. The van der Waals surface area contributed by atoms with Gasteiger partial charge in [0.15, 0.2) is 0 Å². The number of hydrogen-bond donors (Lipinski definition) is 2. The first kappa shape index (κ1) is 21.3. The van der Waals surface area contributed by atoms with Crippen LogP contribution in [0.5, 0.6) is 0 Å². The molecule has 2 aromatic carbocycles. The third-order valence-corrected chi connectivity index (χ3v) is 5.11. The van der Waals surface area contributed by atoms with Crippen LogP contribution in [0.1, 0.15) is 52.9 Å². The second-order valence-electron chi connectivity index (χ2n) is 7.20. The molecule has 8 heteroatoms. The number of para-hydroxylation sites is 1. The maximum atomic E-state index is 12.7. The molecule has 1 aliphatic rings. The van der Waals surface area contributed by atoms with Crippen LogP contribution in [0, 0.1) is 0 Å². The highest BCUT2D eigenvalue weighted by Crippen LogP contribution is 2.23. The van der Waals surface area contributed by atoms with E-state index >= 15 is 0 Å². The van der Waals surface area contributed by atoms with Crippen molar-refractivity contribution in [2.75, 3.05) is 0 Å². The number of rotatable bonds is 5. The van der Waals surface area contributed by atoms with Crippen LogP contribution in [-0.4, -0.2) is 20.7 Å². The van der Waals surface area contributed by atoms with E-state index < -0.39 is 0 Å². The Morgan fingerprint density at radius 1 is 1.21 bits per heavy atom. The van der Waals surface area contributed by atoms with E-state index in [9.17, 15) is 4.79 Å². The van der Waals surface area contributed by atoms with Crippen LogP contribution < -0.4 is 10.6 Å². The largest absolute Gasteiger partial charge is 0.345 e. The summed E-state index contributed by atoms with van der Waals surface area (Å²) in [6.07, 6.45) is 0. The number of hydrogen-bond acceptors (Lipinski definition) is 4. The molecule has 0 aliphatic carbocycles. The van der Waals surface area contributed by atoms with Crippen molar-refractivity contribution in [3.63, 3.8) is 0 Å². The van der Waals surface area contributed by atoms with Crippen molar-refractivity contribution in [1.29, 1.82) is 0 Å². The standard InChI is InChI=1S/C21H22ClN5O.ClH/c1-13(2)20-25-19(26-27(20)18-6-4-3-5-17(18)22)21(28)24-10-14-7-8-15-11-23-12-16(15)9-14;/h3-9,13,23H,10-12H2,1-2H3,(H,24,28);1H. The van der Waals surface area contributed by atoms with Crippen LogP contribution in [0.3, 0.4) is 0 Å². The second kappa shape index (κ2) is 8.95. The van der Waals surface area contributed by atoms with Crippen molar-refractivity contribution in [3.8, 4) is 5.69 Å². The van der Waals surface area contributed by atoms with Crippen molar-refractivity contribution in [1.82, 2.24) is 25.4 Å². The van der Waals surface area contributed by atoms with Crippen molar-refractivity contribution >= 4 is 29.9 Å². The summed E-state index contributed by atoms with van der Waals surface area (Å²) >= 11 is 6.32. The number of benzene rings is 2. The molecular formula is C21H23Cl2N5O. The molecule has 29 heavy (non-hydrogen) atoms. The Morgan fingerprint density at radius 2 is 1.97 bits per heavy atom. The Bertz CT molecular complexity index is 1030. The Kier molecular flexibility index (Phi) is 6.57. The number of nitrogens with zero attached hydrogens (tertiary/aromatic N) is 3. The van der Waals surface area contributed by atoms with Gasteiger partial charge in [0.05, 0.1) is 10.7 Å². The third kappa shape index (κ3) is 4.45. The first-order valence-corrected chi connectivity index (χ1v) is 9.72. The van der Waals surface area contributed by atoms with Gasteiger partial charge in [0.25, 0.3) is 5.91 Å². The van der Waals surface area contributed by atoms with Gasteiger partial charge in [-0.05, 0) is 28.8 Å². The smallest absolute Gasteiger partial charge is 0.291 e. The van der Waals surface area contributed by atoms with Crippen LogP contribution in [-0.2, 0) is 19.6 Å². The van der Waals surface area contributed by atoms with E-state index in [-0.39, 0.29) is 30.1 Å². The minimum Gasteiger partial charge on any atom is -0.345 e. The third-order valence-electron chi connectivity index (χ3n) is 4.79. The number of nitrogens with one attached hydrogen (secondary N) is 2. The highest BCUT2D eigenvalue weighted by Gasteiger charge is 2.20. The van der Waals surface area contributed by atoms with Gasteiger partial charge in [-0.3, -0.25) is 4.79 Å². The molecule has 4 rings (SSSR count). The lowest BCUT2D eigenvalue weighted by atomic mass is 10.1. The average molecular weight is 432 g/mol. The Balaban J connectivity index is 0.00000240. The molecular weight excluding hydrogens is 409 g/mol. The summed E-state index contributed by atoms with van der Waals surface area (Å²) in [5, 5.41) is 11.2. The molecule has 1 amide bonds. The first-order valence-electron chi connectivity index (χ1n) is 9.34. The summed E-state index contributed by atoms with van der Waals surface area (Å²) in [6.45, 7) is 6.24.